The Morgan fingerprint density at radius 1 is 1.14 bits per heavy atom. The van der Waals surface area contributed by atoms with Crippen LogP contribution in [0.4, 0.5) is 5.69 Å². The summed E-state index contributed by atoms with van der Waals surface area (Å²) in [5, 5.41) is 3.34. The number of ether oxygens (including phenoxy) is 2. The molecule has 0 aliphatic carbocycles. The van der Waals surface area contributed by atoms with Gasteiger partial charge in [-0.15, -0.1) is 12.4 Å². The van der Waals surface area contributed by atoms with E-state index in [1.165, 1.54) is 5.56 Å². The van der Waals surface area contributed by atoms with Crippen molar-refractivity contribution in [3.05, 3.63) is 53.1 Å². The molecule has 1 atom stereocenters. The molecule has 2 aromatic carbocycles. The van der Waals surface area contributed by atoms with Gasteiger partial charge in [-0.2, -0.15) is 0 Å². The molecular weight excluding hydrogens is 376 g/mol. The maximum Gasteiger partial charge on any atom is 0.245 e. The number of carbonyl (C=O) groups excluding carboxylic acids is 1. The van der Waals surface area contributed by atoms with Gasteiger partial charge < -0.3 is 19.7 Å². The highest BCUT2D eigenvalue weighted by molar-refractivity contribution is 6.11. The molecule has 28 heavy (non-hydrogen) atoms. The maximum atomic E-state index is 13.7. The molecule has 0 bridgehead atoms. The van der Waals surface area contributed by atoms with E-state index in [1.807, 2.05) is 23.1 Å². The predicted octanol–water partition coefficient (Wildman–Crippen LogP) is 3.07. The molecule has 0 saturated carbocycles. The lowest BCUT2D eigenvalue weighted by molar-refractivity contribution is -0.122. The lowest BCUT2D eigenvalue weighted by Crippen LogP contribution is -2.43. The SMILES string of the molecule is CCNCCCN1C(=O)C2(COc3cc4c(cc32)CCO4)c2ccccc21.Cl. The van der Waals surface area contributed by atoms with E-state index in [-0.39, 0.29) is 18.3 Å². The van der Waals surface area contributed by atoms with Crippen LogP contribution in [0.15, 0.2) is 36.4 Å². The largest absolute Gasteiger partial charge is 0.493 e. The first kappa shape index (κ1) is 19.1. The number of hydrogen-bond donors (Lipinski definition) is 1. The van der Waals surface area contributed by atoms with Crippen molar-refractivity contribution in [2.75, 3.05) is 37.7 Å². The molecule has 0 saturated heterocycles. The third-order valence-electron chi connectivity index (χ3n) is 5.95. The second kappa shape index (κ2) is 7.30. The van der Waals surface area contributed by atoms with Crippen molar-refractivity contribution in [1.29, 1.82) is 0 Å². The van der Waals surface area contributed by atoms with Crippen molar-refractivity contribution in [2.24, 2.45) is 0 Å². The Bertz CT molecular complexity index is 917. The third-order valence-corrected chi connectivity index (χ3v) is 5.95. The van der Waals surface area contributed by atoms with Gasteiger partial charge >= 0.3 is 0 Å². The second-order valence-corrected chi connectivity index (χ2v) is 7.43. The molecule has 1 N–H and O–H groups in total. The van der Waals surface area contributed by atoms with Crippen molar-refractivity contribution in [2.45, 2.75) is 25.2 Å². The Morgan fingerprint density at radius 3 is 2.86 bits per heavy atom. The quantitative estimate of drug-likeness (QED) is 0.784. The number of para-hydroxylation sites is 1. The molecule has 0 fully saturated rings. The lowest BCUT2D eigenvalue weighted by atomic mass is 9.76. The Labute approximate surface area is 171 Å². The molecule has 3 aliphatic heterocycles. The monoisotopic (exact) mass is 400 g/mol. The lowest BCUT2D eigenvalue weighted by Gasteiger charge is -2.23. The highest BCUT2D eigenvalue weighted by atomic mass is 35.5. The van der Waals surface area contributed by atoms with E-state index in [4.69, 9.17) is 9.47 Å². The number of nitrogens with zero attached hydrogens (tertiary/aromatic N) is 1. The van der Waals surface area contributed by atoms with Crippen molar-refractivity contribution in [3.63, 3.8) is 0 Å². The molecule has 1 amide bonds. The number of rotatable bonds is 5. The van der Waals surface area contributed by atoms with Gasteiger partial charge in [-0.05, 0) is 42.8 Å². The highest BCUT2D eigenvalue weighted by Crippen LogP contribution is 2.53. The smallest absolute Gasteiger partial charge is 0.245 e. The van der Waals surface area contributed by atoms with Gasteiger partial charge in [0, 0.05) is 30.3 Å². The number of nitrogens with one attached hydrogen (secondary N) is 1. The van der Waals surface area contributed by atoms with Crippen LogP contribution in [0, 0.1) is 0 Å². The fraction of sp³-hybridized carbons (Fsp3) is 0.409. The fourth-order valence-corrected chi connectivity index (χ4v) is 4.61. The average Bonchev–Trinajstić information content (AvgIpc) is 3.36. The van der Waals surface area contributed by atoms with Crippen molar-refractivity contribution in [1.82, 2.24) is 5.32 Å². The molecule has 5 rings (SSSR count). The normalized spacial score (nSPS) is 21.0. The van der Waals surface area contributed by atoms with Crippen LogP contribution in [0.3, 0.4) is 0 Å². The van der Waals surface area contributed by atoms with Gasteiger partial charge in [-0.25, -0.2) is 0 Å². The van der Waals surface area contributed by atoms with Gasteiger partial charge in [0.2, 0.25) is 5.91 Å². The zero-order chi connectivity index (χ0) is 18.4. The van der Waals surface area contributed by atoms with E-state index in [1.54, 1.807) is 0 Å². The van der Waals surface area contributed by atoms with Crippen LogP contribution in [-0.4, -0.2) is 38.8 Å². The van der Waals surface area contributed by atoms with E-state index >= 15 is 0 Å². The van der Waals surface area contributed by atoms with Gasteiger partial charge in [0.15, 0.2) is 0 Å². The van der Waals surface area contributed by atoms with Gasteiger partial charge in [0.05, 0.1) is 6.61 Å². The molecule has 3 heterocycles. The van der Waals surface area contributed by atoms with Crippen LogP contribution >= 0.6 is 12.4 Å². The number of carbonyl (C=O) groups is 1. The van der Waals surface area contributed by atoms with Crippen LogP contribution in [-0.2, 0) is 16.6 Å². The standard InChI is InChI=1S/C22H24N2O3.ClH/c1-2-23-9-5-10-24-18-7-4-3-6-16(18)22(21(24)25)14-27-20-13-19-15(8-11-26-19)12-17(20)22;/h3-4,6-7,12-13,23H,2,5,8-11,14H2,1H3;1H. The second-order valence-electron chi connectivity index (χ2n) is 7.43. The maximum absolute atomic E-state index is 13.7. The topological polar surface area (TPSA) is 50.8 Å². The Balaban J connectivity index is 0.00000192. The molecule has 0 radical (unpaired) electrons. The summed E-state index contributed by atoms with van der Waals surface area (Å²) in [6, 6.07) is 12.3. The molecule has 2 aromatic rings. The van der Waals surface area contributed by atoms with Crippen LogP contribution in [0.5, 0.6) is 11.5 Å². The number of halogens is 1. The summed E-state index contributed by atoms with van der Waals surface area (Å²) in [4.78, 5) is 15.7. The van der Waals surface area contributed by atoms with Crippen molar-refractivity contribution >= 4 is 24.0 Å². The zero-order valence-electron chi connectivity index (χ0n) is 16.0. The number of anilines is 1. The molecule has 0 aromatic heterocycles. The Kier molecular flexibility index (Phi) is 4.98. The summed E-state index contributed by atoms with van der Waals surface area (Å²) in [6.45, 7) is 5.74. The third kappa shape index (κ3) is 2.60. The summed E-state index contributed by atoms with van der Waals surface area (Å²) >= 11 is 0. The molecule has 5 nitrogen and oxygen atoms in total. The number of hydrogen-bond acceptors (Lipinski definition) is 4. The van der Waals surface area contributed by atoms with E-state index in [0.29, 0.717) is 19.8 Å². The molecule has 148 valence electrons. The van der Waals surface area contributed by atoms with Crippen LogP contribution in [0.2, 0.25) is 0 Å². The predicted molar refractivity (Wildman–Crippen MR) is 111 cm³/mol. The summed E-state index contributed by atoms with van der Waals surface area (Å²) < 4.78 is 11.7. The average molecular weight is 401 g/mol. The van der Waals surface area contributed by atoms with Gasteiger partial charge in [-0.1, -0.05) is 25.1 Å². The highest BCUT2D eigenvalue weighted by Gasteiger charge is 2.56. The van der Waals surface area contributed by atoms with E-state index in [0.717, 1.165) is 54.2 Å². The summed E-state index contributed by atoms with van der Waals surface area (Å²) in [7, 11) is 0. The minimum Gasteiger partial charge on any atom is -0.493 e. The number of benzene rings is 2. The van der Waals surface area contributed by atoms with Crippen LogP contribution in [0.25, 0.3) is 0 Å². The molecule has 1 unspecified atom stereocenters. The first-order valence-corrected chi connectivity index (χ1v) is 9.81. The first-order valence-electron chi connectivity index (χ1n) is 9.81. The molecule has 3 aliphatic rings. The van der Waals surface area contributed by atoms with Crippen LogP contribution < -0.4 is 19.7 Å². The van der Waals surface area contributed by atoms with E-state index < -0.39 is 5.41 Å². The molecule has 1 spiro atoms. The molecule has 6 heteroatoms. The summed E-state index contributed by atoms with van der Waals surface area (Å²) in [6.07, 6.45) is 1.82. The zero-order valence-corrected chi connectivity index (χ0v) is 16.8. The van der Waals surface area contributed by atoms with Gasteiger partial charge in [-0.3, -0.25) is 4.79 Å². The van der Waals surface area contributed by atoms with Crippen molar-refractivity contribution < 1.29 is 14.3 Å². The number of fused-ring (bicyclic) bond motifs is 5. The first-order chi connectivity index (χ1) is 13.3. The van der Waals surface area contributed by atoms with Crippen molar-refractivity contribution in [3.8, 4) is 11.5 Å². The van der Waals surface area contributed by atoms with Gasteiger partial charge in [0.1, 0.15) is 23.5 Å². The summed E-state index contributed by atoms with van der Waals surface area (Å²) in [5.74, 6) is 1.82. The van der Waals surface area contributed by atoms with Gasteiger partial charge in [0.25, 0.3) is 0 Å². The molecular formula is C22H25ClN2O3. The summed E-state index contributed by atoms with van der Waals surface area (Å²) in [5.41, 5.74) is 3.54. The van der Waals surface area contributed by atoms with E-state index in [9.17, 15) is 4.79 Å². The van der Waals surface area contributed by atoms with E-state index in [2.05, 4.69) is 30.4 Å². The number of amides is 1. The fourth-order valence-electron chi connectivity index (χ4n) is 4.61. The minimum absolute atomic E-state index is 0. The Morgan fingerprint density at radius 2 is 2.00 bits per heavy atom. The van der Waals surface area contributed by atoms with Crippen LogP contribution in [0.1, 0.15) is 30.0 Å². The minimum atomic E-state index is -0.721. The Hall–Kier alpha value is -2.24.